The number of hydrogen-bond acceptors (Lipinski definition) is 2. The lowest BCUT2D eigenvalue weighted by molar-refractivity contribution is 0.363. The Labute approximate surface area is 104 Å². The molecule has 3 nitrogen and oxygen atoms in total. The molecule has 1 aromatic heterocycles. The molecule has 2 saturated carbocycles. The number of nitrogens with one attached hydrogen (secondary N) is 1. The molecule has 3 rings (SSSR count). The molecule has 3 heteroatoms. The standard InChI is InChI=1S/C14H23N3/c1-14(2)6-5-11(7-14)16-9-13-8-15-10-17(13)12-3-4-12/h8,10-12,16H,3-7,9H2,1-2H3. The molecule has 94 valence electrons. The zero-order chi connectivity index (χ0) is 11.9. The number of hydrogen-bond donors (Lipinski definition) is 1. The smallest absolute Gasteiger partial charge is 0.0951 e. The molecule has 2 fully saturated rings. The minimum absolute atomic E-state index is 0.536. The third-order valence-corrected chi connectivity index (χ3v) is 4.23. The Bertz CT molecular complexity index is 390. The molecule has 0 spiro atoms. The highest BCUT2D eigenvalue weighted by atomic mass is 15.1. The van der Waals surface area contributed by atoms with E-state index in [0.717, 1.165) is 12.6 Å². The summed E-state index contributed by atoms with van der Waals surface area (Å²) in [7, 11) is 0. The molecule has 2 aliphatic rings. The highest BCUT2D eigenvalue weighted by Gasteiger charge is 2.31. The van der Waals surface area contributed by atoms with Crippen LogP contribution in [0, 0.1) is 5.41 Å². The van der Waals surface area contributed by atoms with E-state index in [2.05, 4.69) is 28.7 Å². The van der Waals surface area contributed by atoms with Gasteiger partial charge in [-0.1, -0.05) is 13.8 Å². The van der Waals surface area contributed by atoms with E-state index in [1.165, 1.54) is 37.8 Å². The Hall–Kier alpha value is -0.830. The van der Waals surface area contributed by atoms with Crippen molar-refractivity contribution in [2.45, 2.75) is 64.6 Å². The molecule has 0 aliphatic heterocycles. The summed E-state index contributed by atoms with van der Waals surface area (Å²) >= 11 is 0. The van der Waals surface area contributed by atoms with Gasteiger partial charge in [-0.15, -0.1) is 0 Å². The maximum Gasteiger partial charge on any atom is 0.0951 e. The van der Waals surface area contributed by atoms with Gasteiger partial charge in [0.1, 0.15) is 0 Å². The molecule has 1 heterocycles. The largest absolute Gasteiger partial charge is 0.330 e. The molecule has 17 heavy (non-hydrogen) atoms. The molecular formula is C14H23N3. The minimum atomic E-state index is 0.536. The van der Waals surface area contributed by atoms with Crippen molar-refractivity contribution >= 4 is 0 Å². The van der Waals surface area contributed by atoms with Crippen LogP contribution in [0.2, 0.25) is 0 Å². The van der Waals surface area contributed by atoms with Gasteiger partial charge in [-0.3, -0.25) is 0 Å². The zero-order valence-electron chi connectivity index (χ0n) is 10.9. The van der Waals surface area contributed by atoms with Crippen LogP contribution >= 0.6 is 0 Å². The zero-order valence-corrected chi connectivity index (χ0v) is 10.9. The molecule has 1 unspecified atom stereocenters. The molecule has 2 aliphatic carbocycles. The van der Waals surface area contributed by atoms with E-state index in [0.29, 0.717) is 11.5 Å². The van der Waals surface area contributed by atoms with Crippen LogP contribution < -0.4 is 5.32 Å². The summed E-state index contributed by atoms with van der Waals surface area (Å²) in [6.45, 7) is 5.74. The van der Waals surface area contributed by atoms with Crippen LogP contribution in [0.4, 0.5) is 0 Å². The number of nitrogens with zero attached hydrogens (tertiary/aromatic N) is 2. The second kappa shape index (κ2) is 4.13. The normalized spacial score (nSPS) is 27.5. The van der Waals surface area contributed by atoms with Crippen molar-refractivity contribution in [2.75, 3.05) is 0 Å². The van der Waals surface area contributed by atoms with Gasteiger partial charge in [-0.25, -0.2) is 4.98 Å². The lowest BCUT2D eigenvalue weighted by Gasteiger charge is -2.18. The first kappa shape index (κ1) is 11.3. The van der Waals surface area contributed by atoms with Gasteiger partial charge in [0.2, 0.25) is 0 Å². The fourth-order valence-corrected chi connectivity index (χ4v) is 3.01. The van der Waals surface area contributed by atoms with Crippen LogP contribution in [0.25, 0.3) is 0 Å². The molecule has 0 bridgehead atoms. The van der Waals surface area contributed by atoms with E-state index in [4.69, 9.17) is 0 Å². The Kier molecular flexibility index (Phi) is 2.74. The highest BCUT2D eigenvalue weighted by Crippen LogP contribution is 2.37. The van der Waals surface area contributed by atoms with Gasteiger partial charge in [-0.05, 0) is 37.5 Å². The minimum Gasteiger partial charge on any atom is -0.330 e. The van der Waals surface area contributed by atoms with Crippen LogP contribution in [0.15, 0.2) is 12.5 Å². The first-order chi connectivity index (χ1) is 8.14. The molecule has 0 amide bonds. The topological polar surface area (TPSA) is 29.9 Å². The first-order valence-electron chi connectivity index (χ1n) is 6.88. The van der Waals surface area contributed by atoms with Gasteiger partial charge in [0.25, 0.3) is 0 Å². The van der Waals surface area contributed by atoms with Crippen LogP contribution in [0.3, 0.4) is 0 Å². The number of imidazole rings is 1. The average Bonchev–Trinajstić information content (AvgIpc) is 2.91. The van der Waals surface area contributed by atoms with Crippen molar-refractivity contribution in [1.29, 1.82) is 0 Å². The summed E-state index contributed by atoms with van der Waals surface area (Å²) in [5.74, 6) is 0. The Balaban J connectivity index is 1.55. The van der Waals surface area contributed by atoms with Crippen molar-refractivity contribution in [3.8, 4) is 0 Å². The quantitative estimate of drug-likeness (QED) is 0.866. The predicted molar refractivity (Wildman–Crippen MR) is 68.8 cm³/mol. The molecule has 1 aromatic rings. The van der Waals surface area contributed by atoms with Crippen LogP contribution in [-0.2, 0) is 6.54 Å². The fraction of sp³-hybridized carbons (Fsp3) is 0.786. The summed E-state index contributed by atoms with van der Waals surface area (Å²) in [5.41, 5.74) is 1.89. The molecule has 0 radical (unpaired) electrons. The fourth-order valence-electron chi connectivity index (χ4n) is 3.01. The highest BCUT2D eigenvalue weighted by molar-refractivity contribution is 5.03. The Morgan fingerprint density at radius 2 is 2.24 bits per heavy atom. The summed E-state index contributed by atoms with van der Waals surface area (Å²) in [6, 6.07) is 1.45. The lowest BCUT2D eigenvalue weighted by Crippen LogP contribution is -2.27. The summed E-state index contributed by atoms with van der Waals surface area (Å²) < 4.78 is 2.35. The average molecular weight is 233 g/mol. The SMILES string of the molecule is CC1(C)CCC(NCc2cncn2C2CC2)C1. The summed E-state index contributed by atoms with van der Waals surface area (Å²) in [4.78, 5) is 4.28. The van der Waals surface area contributed by atoms with Crippen molar-refractivity contribution in [3.63, 3.8) is 0 Å². The van der Waals surface area contributed by atoms with Gasteiger partial charge in [0, 0.05) is 24.8 Å². The summed E-state index contributed by atoms with van der Waals surface area (Å²) in [5, 5.41) is 3.70. The second-order valence-corrected chi connectivity index (χ2v) is 6.51. The molecule has 0 saturated heterocycles. The number of aromatic nitrogens is 2. The molecule has 1 N–H and O–H groups in total. The monoisotopic (exact) mass is 233 g/mol. The predicted octanol–water partition coefficient (Wildman–Crippen LogP) is 2.89. The third kappa shape index (κ3) is 2.54. The second-order valence-electron chi connectivity index (χ2n) is 6.51. The maximum atomic E-state index is 4.28. The first-order valence-corrected chi connectivity index (χ1v) is 6.88. The van der Waals surface area contributed by atoms with E-state index >= 15 is 0 Å². The van der Waals surface area contributed by atoms with E-state index in [1.54, 1.807) is 0 Å². The van der Waals surface area contributed by atoms with Gasteiger partial charge in [-0.2, -0.15) is 0 Å². The van der Waals surface area contributed by atoms with Gasteiger partial charge < -0.3 is 9.88 Å². The lowest BCUT2D eigenvalue weighted by atomic mass is 9.92. The van der Waals surface area contributed by atoms with Gasteiger partial charge in [0.15, 0.2) is 0 Å². The van der Waals surface area contributed by atoms with Crippen molar-refractivity contribution in [2.24, 2.45) is 5.41 Å². The number of rotatable bonds is 4. The van der Waals surface area contributed by atoms with E-state index in [-0.39, 0.29) is 0 Å². The maximum absolute atomic E-state index is 4.28. The molecule has 1 atom stereocenters. The third-order valence-electron chi connectivity index (χ3n) is 4.23. The Morgan fingerprint density at radius 1 is 1.41 bits per heavy atom. The van der Waals surface area contributed by atoms with Crippen molar-refractivity contribution < 1.29 is 0 Å². The molecular weight excluding hydrogens is 210 g/mol. The van der Waals surface area contributed by atoms with E-state index in [9.17, 15) is 0 Å². The van der Waals surface area contributed by atoms with Crippen LogP contribution in [-0.4, -0.2) is 15.6 Å². The van der Waals surface area contributed by atoms with Crippen molar-refractivity contribution in [1.82, 2.24) is 14.9 Å². The Morgan fingerprint density at radius 3 is 2.88 bits per heavy atom. The van der Waals surface area contributed by atoms with E-state index in [1.807, 2.05) is 12.5 Å². The summed E-state index contributed by atoms with van der Waals surface area (Å²) in [6.07, 6.45) is 10.7. The van der Waals surface area contributed by atoms with Crippen LogP contribution in [0.1, 0.15) is 57.7 Å². The van der Waals surface area contributed by atoms with Gasteiger partial charge in [0.05, 0.1) is 12.0 Å². The molecule has 0 aromatic carbocycles. The van der Waals surface area contributed by atoms with E-state index < -0.39 is 0 Å². The van der Waals surface area contributed by atoms with Crippen molar-refractivity contribution in [3.05, 3.63) is 18.2 Å². The van der Waals surface area contributed by atoms with Gasteiger partial charge >= 0.3 is 0 Å². The van der Waals surface area contributed by atoms with Crippen LogP contribution in [0.5, 0.6) is 0 Å².